The van der Waals surface area contributed by atoms with Crippen LogP contribution < -0.4 is 0 Å². The van der Waals surface area contributed by atoms with Gasteiger partial charge in [0, 0.05) is 20.3 Å². The number of hydrogen-bond donors (Lipinski definition) is 0. The maximum Gasteiger partial charge on any atom is 0.305 e. The Morgan fingerprint density at radius 3 is 2.44 bits per heavy atom. The predicted octanol–water partition coefficient (Wildman–Crippen LogP) is 0.323. The molecule has 1 radical (unpaired) electrons. The van der Waals surface area contributed by atoms with Gasteiger partial charge < -0.3 is 14.2 Å². The summed E-state index contributed by atoms with van der Waals surface area (Å²) >= 11 is 0. The summed E-state index contributed by atoms with van der Waals surface area (Å²) in [6.45, 7) is 0.432. The molecule has 0 saturated heterocycles. The van der Waals surface area contributed by atoms with Crippen molar-refractivity contribution in [2.24, 2.45) is 0 Å². The summed E-state index contributed by atoms with van der Waals surface area (Å²) in [5.41, 5.74) is 0. The Hall–Kier alpha value is -0.380. The van der Waals surface area contributed by atoms with Gasteiger partial charge in [-0.15, -0.1) is 0 Å². The second-order valence-electron chi connectivity index (χ2n) is 1.65. The van der Waals surface area contributed by atoms with Gasteiger partial charge in [-0.1, -0.05) is 0 Å². The highest BCUT2D eigenvalue weighted by molar-refractivity contribution is 4.90. The van der Waals surface area contributed by atoms with Crippen molar-refractivity contribution in [3.8, 4) is 0 Å². The fraction of sp³-hybridized carbons (Fsp3) is 0.667. The van der Waals surface area contributed by atoms with Gasteiger partial charge >= 0.3 is 5.97 Å². The van der Waals surface area contributed by atoms with Crippen molar-refractivity contribution in [1.82, 2.24) is 0 Å². The lowest BCUT2D eigenvalue weighted by Crippen LogP contribution is -2.31. The Morgan fingerprint density at radius 1 is 1.56 bits per heavy atom. The van der Waals surface area contributed by atoms with Crippen LogP contribution in [0.2, 0.25) is 0 Å². The smallest absolute Gasteiger partial charge is 0.305 e. The summed E-state index contributed by atoms with van der Waals surface area (Å²) in [5.74, 6) is -0.958. The third-order valence-electron chi connectivity index (χ3n) is 1.20. The van der Waals surface area contributed by atoms with Gasteiger partial charge in [-0.05, 0) is 6.08 Å². The number of hydrogen-bond acceptors (Lipinski definition) is 3. The maximum absolute atomic E-state index is 5.03. The summed E-state index contributed by atoms with van der Waals surface area (Å²) in [5, 5.41) is 0. The van der Waals surface area contributed by atoms with E-state index in [4.69, 9.17) is 14.2 Å². The lowest BCUT2D eigenvalue weighted by molar-refractivity contribution is -0.317. The van der Waals surface area contributed by atoms with Crippen molar-refractivity contribution >= 4 is 0 Å². The highest BCUT2D eigenvalue weighted by atomic mass is 16.9. The molecule has 0 unspecified atom stereocenters. The molecule has 0 fully saturated rings. The van der Waals surface area contributed by atoms with Crippen molar-refractivity contribution in [2.75, 3.05) is 20.8 Å². The lowest BCUT2D eigenvalue weighted by atomic mass is 10.5. The van der Waals surface area contributed by atoms with Gasteiger partial charge in [0.25, 0.3) is 0 Å². The minimum Gasteiger partial charge on any atom is -0.327 e. The maximum atomic E-state index is 5.03. The molecule has 0 atom stereocenters. The van der Waals surface area contributed by atoms with Gasteiger partial charge in [0.05, 0.1) is 6.61 Å². The van der Waals surface area contributed by atoms with E-state index in [1.54, 1.807) is 6.08 Å². The number of ether oxygens (including phenoxy) is 3. The first kappa shape index (κ1) is 6.74. The second kappa shape index (κ2) is 2.47. The van der Waals surface area contributed by atoms with Crippen molar-refractivity contribution in [2.45, 2.75) is 5.97 Å². The van der Waals surface area contributed by atoms with E-state index in [1.165, 1.54) is 14.2 Å². The first-order valence-corrected chi connectivity index (χ1v) is 2.65. The van der Waals surface area contributed by atoms with Crippen LogP contribution in [0, 0.1) is 6.08 Å². The standard InChI is InChI=1S/C6H9O3/c1-7-6(8-2)4-3-5-9-6/h4H,5H2,1-2H3. The monoisotopic (exact) mass is 129 g/mol. The number of rotatable bonds is 2. The summed E-state index contributed by atoms with van der Waals surface area (Å²) in [4.78, 5) is 0. The zero-order valence-electron chi connectivity index (χ0n) is 5.51. The summed E-state index contributed by atoms with van der Waals surface area (Å²) in [6, 6.07) is 0. The van der Waals surface area contributed by atoms with Gasteiger partial charge in [0.2, 0.25) is 0 Å². The average Bonchev–Trinajstić information content (AvgIpc) is 2.36. The zero-order valence-corrected chi connectivity index (χ0v) is 5.51. The molecule has 0 bridgehead atoms. The summed E-state index contributed by atoms with van der Waals surface area (Å²) in [7, 11) is 3.04. The van der Waals surface area contributed by atoms with E-state index < -0.39 is 5.97 Å². The largest absolute Gasteiger partial charge is 0.327 e. The molecule has 0 N–H and O–H groups in total. The number of methoxy groups -OCH3 is 2. The van der Waals surface area contributed by atoms with Crippen LogP contribution in [0.5, 0.6) is 0 Å². The molecule has 51 valence electrons. The lowest BCUT2D eigenvalue weighted by Gasteiger charge is -2.21. The Labute approximate surface area is 54.2 Å². The normalized spacial score (nSPS) is 22.9. The minimum atomic E-state index is -0.958. The van der Waals surface area contributed by atoms with Gasteiger partial charge in [0.1, 0.15) is 0 Å². The Kier molecular flexibility index (Phi) is 1.85. The molecule has 0 saturated carbocycles. The second-order valence-corrected chi connectivity index (χ2v) is 1.65. The molecule has 9 heavy (non-hydrogen) atoms. The molecule has 3 nitrogen and oxygen atoms in total. The van der Waals surface area contributed by atoms with Crippen LogP contribution in [0.4, 0.5) is 0 Å². The van der Waals surface area contributed by atoms with Crippen LogP contribution in [0.25, 0.3) is 0 Å². The zero-order chi connectivity index (χ0) is 6.74. The van der Waals surface area contributed by atoms with Crippen LogP contribution in [0.3, 0.4) is 0 Å². The van der Waals surface area contributed by atoms with Gasteiger partial charge in [0.15, 0.2) is 0 Å². The van der Waals surface area contributed by atoms with Crippen molar-refractivity contribution in [1.29, 1.82) is 0 Å². The Balaban J connectivity index is 2.57. The molecule has 0 aliphatic carbocycles. The van der Waals surface area contributed by atoms with Crippen LogP contribution in [-0.2, 0) is 14.2 Å². The van der Waals surface area contributed by atoms with Crippen LogP contribution in [0.1, 0.15) is 0 Å². The topological polar surface area (TPSA) is 27.7 Å². The molecule has 1 aliphatic heterocycles. The van der Waals surface area contributed by atoms with E-state index in [1.807, 2.05) is 0 Å². The van der Waals surface area contributed by atoms with E-state index in [2.05, 4.69) is 6.08 Å². The minimum absolute atomic E-state index is 0.432. The van der Waals surface area contributed by atoms with Crippen molar-refractivity contribution in [3.63, 3.8) is 0 Å². The molecule has 0 spiro atoms. The predicted molar refractivity (Wildman–Crippen MR) is 30.5 cm³/mol. The summed E-state index contributed by atoms with van der Waals surface area (Å²) < 4.78 is 14.8. The fourth-order valence-electron chi connectivity index (χ4n) is 0.670. The first-order valence-electron chi connectivity index (χ1n) is 2.65. The molecule has 1 rings (SSSR count). The SMILES string of the molecule is COC1(OC)C=[C]CO1. The molecule has 0 aromatic carbocycles. The van der Waals surface area contributed by atoms with E-state index in [0.717, 1.165) is 0 Å². The molecule has 1 heterocycles. The van der Waals surface area contributed by atoms with Crippen LogP contribution in [-0.4, -0.2) is 26.8 Å². The highest BCUT2D eigenvalue weighted by Crippen LogP contribution is 2.18. The molecule has 0 aromatic rings. The van der Waals surface area contributed by atoms with Crippen LogP contribution in [0.15, 0.2) is 6.08 Å². The molecular weight excluding hydrogens is 120 g/mol. The average molecular weight is 129 g/mol. The Morgan fingerprint density at radius 2 is 2.22 bits per heavy atom. The molecule has 3 heteroatoms. The first-order chi connectivity index (χ1) is 4.33. The van der Waals surface area contributed by atoms with Crippen LogP contribution >= 0.6 is 0 Å². The molecule has 1 aliphatic rings. The molecular formula is C6H9O3. The highest BCUT2D eigenvalue weighted by Gasteiger charge is 2.30. The molecule has 0 amide bonds. The van der Waals surface area contributed by atoms with Crippen molar-refractivity contribution < 1.29 is 14.2 Å². The van der Waals surface area contributed by atoms with Gasteiger partial charge in [-0.3, -0.25) is 0 Å². The van der Waals surface area contributed by atoms with E-state index >= 15 is 0 Å². The third-order valence-corrected chi connectivity index (χ3v) is 1.20. The van der Waals surface area contributed by atoms with E-state index in [9.17, 15) is 0 Å². The quantitative estimate of drug-likeness (QED) is 0.502. The van der Waals surface area contributed by atoms with E-state index in [0.29, 0.717) is 6.61 Å². The Bertz CT molecular complexity index is 115. The fourth-order valence-corrected chi connectivity index (χ4v) is 0.670. The van der Waals surface area contributed by atoms with Crippen molar-refractivity contribution in [3.05, 3.63) is 12.2 Å². The third kappa shape index (κ3) is 1.13. The van der Waals surface area contributed by atoms with Gasteiger partial charge in [-0.2, -0.15) is 0 Å². The molecule has 0 aromatic heterocycles. The summed E-state index contributed by atoms with van der Waals surface area (Å²) in [6.07, 6.45) is 4.44. The van der Waals surface area contributed by atoms with Gasteiger partial charge in [-0.25, -0.2) is 0 Å². The van der Waals surface area contributed by atoms with E-state index in [-0.39, 0.29) is 0 Å².